The molecule has 0 aliphatic rings. The number of para-hydroxylation sites is 1. The van der Waals surface area contributed by atoms with Gasteiger partial charge in [0, 0.05) is 34.3 Å². The van der Waals surface area contributed by atoms with Crippen LogP contribution in [-0.2, 0) is 0 Å². The summed E-state index contributed by atoms with van der Waals surface area (Å²) in [4.78, 5) is 9.54. The second-order valence-electron chi connectivity index (χ2n) is 7.28. The Labute approximate surface area is 166 Å². The van der Waals surface area contributed by atoms with E-state index in [0.717, 1.165) is 59.1 Å². The van der Waals surface area contributed by atoms with Crippen molar-refractivity contribution >= 4 is 35.7 Å². The first-order valence-electron chi connectivity index (χ1n) is 9.91. The minimum Gasteiger partial charge on any atom is -0.384 e. The fraction of sp³-hybridized carbons (Fsp3) is 0.318. The van der Waals surface area contributed by atoms with Gasteiger partial charge < -0.3 is 5.73 Å². The highest BCUT2D eigenvalue weighted by molar-refractivity contribution is 6.36. The fourth-order valence-electron chi connectivity index (χ4n) is 3.89. The second-order valence-corrected chi connectivity index (χ2v) is 7.28. The molecule has 0 unspecified atom stereocenters. The molecule has 0 amide bonds. The van der Waals surface area contributed by atoms with Crippen LogP contribution >= 0.6 is 0 Å². The predicted octanol–water partition coefficient (Wildman–Crippen LogP) is 4.00. The second kappa shape index (κ2) is 7.62. The summed E-state index contributed by atoms with van der Waals surface area (Å²) in [5.41, 5.74) is 11.4. The van der Waals surface area contributed by atoms with Gasteiger partial charge in [0.15, 0.2) is 5.65 Å². The van der Waals surface area contributed by atoms with Crippen molar-refractivity contribution in [2.75, 3.05) is 5.73 Å². The number of anilines is 1. The number of pyridine rings is 1. The number of aromatic nitrogens is 4. The summed E-state index contributed by atoms with van der Waals surface area (Å²) in [6, 6.07) is 10.2. The van der Waals surface area contributed by atoms with Crippen molar-refractivity contribution in [3.05, 3.63) is 48.4 Å². The maximum atomic E-state index is 6.37. The first-order chi connectivity index (χ1) is 13.6. The first-order valence-corrected chi connectivity index (χ1v) is 9.91. The number of nitrogen functional groups attached to an aromatic ring is 1. The smallest absolute Gasteiger partial charge is 0.165 e. The van der Waals surface area contributed by atoms with Gasteiger partial charge in [-0.2, -0.15) is 9.61 Å². The third kappa shape index (κ3) is 3.13. The minimum atomic E-state index is 0.305. The number of nitrogens with zero attached hydrogens (tertiary/aromatic N) is 4. The molecule has 0 atom stereocenters. The molecule has 3 aromatic heterocycles. The van der Waals surface area contributed by atoms with E-state index in [1.165, 1.54) is 0 Å². The van der Waals surface area contributed by atoms with Crippen LogP contribution in [0.1, 0.15) is 51.1 Å². The summed E-state index contributed by atoms with van der Waals surface area (Å²) in [6.45, 7) is 4.37. The van der Waals surface area contributed by atoms with Crippen molar-refractivity contribution in [2.45, 2.75) is 45.4 Å². The molecule has 28 heavy (non-hydrogen) atoms. The molecule has 3 heterocycles. The van der Waals surface area contributed by atoms with Crippen LogP contribution in [0, 0.1) is 0 Å². The van der Waals surface area contributed by atoms with Crippen LogP contribution < -0.4 is 11.2 Å². The van der Waals surface area contributed by atoms with Crippen molar-refractivity contribution < 1.29 is 0 Å². The summed E-state index contributed by atoms with van der Waals surface area (Å²) >= 11 is 0. The number of hydrogen-bond acceptors (Lipinski definition) is 4. The average molecular weight is 369 g/mol. The molecule has 5 nitrogen and oxygen atoms in total. The molecule has 0 bridgehead atoms. The number of benzene rings is 1. The molecule has 0 fully saturated rings. The molecule has 2 radical (unpaired) electrons. The van der Waals surface area contributed by atoms with Crippen LogP contribution in [0.3, 0.4) is 0 Å². The molecule has 1 aromatic carbocycles. The van der Waals surface area contributed by atoms with Gasteiger partial charge in [-0.25, -0.2) is 4.98 Å². The average Bonchev–Trinajstić information content (AvgIpc) is 3.14. The van der Waals surface area contributed by atoms with Gasteiger partial charge in [0.25, 0.3) is 0 Å². The summed E-state index contributed by atoms with van der Waals surface area (Å²) in [7, 11) is 6.37. The molecule has 140 valence electrons. The Balaban J connectivity index is 1.90. The van der Waals surface area contributed by atoms with E-state index >= 15 is 0 Å². The molecule has 0 spiro atoms. The minimum absolute atomic E-state index is 0.305. The lowest BCUT2D eigenvalue weighted by Crippen LogP contribution is -2.24. The van der Waals surface area contributed by atoms with E-state index in [4.69, 9.17) is 18.6 Å². The van der Waals surface area contributed by atoms with Crippen LogP contribution in [0.15, 0.2) is 42.7 Å². The van der Waals surface area contributed by atoms with Crippen LogP contribution in [0.2, 0.25) is 0 Å². The maximum absolute atomic E-state index is 6.37. The zero-order valence-electron chi connectivity index (χ0n) is 16.4. The largest absolute Gasteiger partial charge is 0.384 e. The predicted molar refractivity (Wildman–Crippen MR) is 116 cm³/mol. The molecule has 0 aliphatic heterocycles. The SMILES string of the molecule is [B]c1c(C(CCC)CCC)nc2c(-c3cnc4ccccc4c3)cnn2c1N. The van der Waals surface area contributed by atoms with Crippen molar-refractivity contribution in [3.63, 3.8) is 0 Å². The lowest BCUT2D eigenvalue weighted by Gasteiger charge is -2.19. The topological polar surface area (TPSA) is 69.1 Å². The summed E-state index contributed by atoms with van der Waals surface area (Å²) < 4.78 is 1.64. The Kier molecular flexibility index (Phi) is 5.03. The quantitative estimate of drug-likeness (QED) is 0.522. The molecule has 2 N–H and O–H groups in total. The van der Waals surface area contributed by atoms with Gasteiger partial charge in [-0.05, 0) is 30.4 Å². The first kappa shape index (κ1) is 18.5. The number of hydrogen-bond donors (Lipinski definition) is 1. The molecule has 0 aliphatic carbocycles. The Morgan fingerprint density at radius 2 is 1.86 bits per heavy atom. The zero-order chi connectivity index (χ0) is 19.7. The van der Waals surface area contributed by atoms with E-state index in [-0.39, 0.29) is 0 Å². The molecule has 4 aromatic rings. The third-order valence-electron chi connectivity index (χ3n) is 5.31. The lowest BCUT2D eigenvalue weighted by atomic mass is 9.84. The standard InChI is InChI=1S/C22H24BN5/c1-3-7-14(8-4-2)20-19(23)21(24)28-22(27-20)17(13-26-28)16-11-15-9-5-6-10-18(15)25-12-16/h5-6,9-14H,3-4,7-8,24H2,1-2H3. The van der Waals surface area contributed by atoms with Gasteiger partial charge in [-0.15, -0.1) is 0 Å². The Hall–Kier alpha value is -2.89. The van der Waals surface area contributed by atoms with E-state index in [9.17, 15) is 0 Å². The molecule has 4 rings (SSSR count). The molecular weight excluding hydrogens is 345 g/mol. The third-order valence-corrected chi connectivity index (χ3v) is 5.31. The molecular formula is C22H24BN5. The number of fused-ring (bicyclic) bond motifs is 2. The van der Waals surface area contributed by atoms with Gasteiger partial charge in [-0.3, -0.25) is 4.98 Å². The normalized spacial score (nSPS) is 11.7. The lowest BCUT2D eigenvalue weighted by molar-refractivity contribution is 0.551. The van der Waals surface area contributed by atoms with Crippen molar-refractivity contribution in [1.82, 2.24) is 19.6 Å². The Morgan fingerprint density at radius 1 is 1.11 bits per heavy atom. The van der Waals surface area contributed by atoms with Crippen LogP contribution in [0.4, 0.5) is 5.82 Å². The maximum Gasteiger partial charge on any atom is 0.165 e. The van der Waals surface area contributed by atoms with Gasteiger partial charge >= 0.3 is 0 Å². The zero-order valence-corrected chi connectivity index (χ0v) is 16.4. The van der Waals surface area contributed by atoms with Crippen LogP contribution in [0.5, 0.6) is 0 Å². The van der Waals surface area contributed by atoms with Crippen LogP contribution in [0.25, 0.3) is 27.7 Å². The van der Waals surface area contributed by atoms with Gasteiger partial charge in [0.2, 0.25) is 0 Å². The Bertz CT molecular complexity index is 1130. The van der Waals surface area contributed by atoms with Crippen LogP contribution in [-0.4, -0.2) is 27.4 Å². The molecule has 0 saturated carbocycles. The van der Waals surface area contributed by atoms with Gasteiger partial charge in [-0.1, -0.05) is 44.9 Å². The highest BCUT2D eigenvalue weighted by atomic mass is 15.3. The van der Waals surface area contributed by atoms with Gasteiger partial charge in [0.1, 0.15) is 13.7 Å². The highest BCUT2D eigenvalue weighted by Crippen LogP contribution is 2.30. The monoisotopic (exact) mass is 369 g/mol. The number of nitrogens with two attached hydrogens (primary N) is 1. The van der Waals surface area contributed by atoms with E-state index in [2.05, 4.69) is 36.1 Å². The summed E-state index contributed by atoms with van der Waals surface area (Å²) in [5.74, 6) is 0.761. The summed E-state index contributed by atoms with van der Waals surface area (Å²) in [6.07, 6.45) is 7.91. The van der Waals surface area contributed by atoms with Crippen molar-refractivity contribution in [1.29, 1.82) is 0 Å². The molecule has 0 saturated heterocycles. The highest BCUT2D eigenvalue weighted by Gasteiger charge is 2.20. The summed E-state index contributed by atoms with van der Waals surface area (Å²) in [5, 5.41) is 5.53. The van der Waals surface area contributed by atoms with E-state index in [1.54, 1.807) is 10.7 Å². The molecule has 6 heteroatoms. The number of rotatable bonds is 6. The van der Waals surface area contributed by atoms with E-state index in [0.29, 0.717) is 17.2 Å². The van der Waals surface area contributed by atoms with E-state index in [1.807, 2.05) is 24.4 Å². The Morgan fingerprint density at radius 3 is 2.61 bits per heavy atom. The van der Waals surface area contributed by atoms with Crippen molar-refractivity contribution in [2.24, 2.45) is 0 Å². The van der Waals surface area contributed by atoms with Crippen molar-refractivity contribution in [3.8, 4) is 11.1 Å². The fourth-order valence-corrected chi connectivity index (χ4v) is 3.89. The van der Waals surface area contributed by atoms with E-state index < -0.39 is 0 Å². The van der Waals surface area contributed by atoms with Gasteiger partial charge in [0.05, 0.1) is 11.7 Å².